The van der Waals surface area contributed by atoms with Gasteiger partial charge in [0.1, 0.15) is 0 Å². The van der Waals surface area contributed by atoms with Crippen molar-refractivity contribution in [3.05, 3.63) is 134 Å². The predicted molar refractivity (Wildman–Crippen MR) is 164 cm³/mol. The van der Waals surface area contributed by atoms with E-state index >= 15 is 0 Å². The third kappa shape index (κ3) is 3.54. The first-order chi connectivity index (χ1) is 19.8. The first kappa shape index (κ1) is 22.5. The minimum Gasteiger partial charge on any atom is -0.245 e. The minimum atomic E-state index is 0.719. The minimum absolute atomic E-state index is 0.719. The van der Waals surface area contributed by atoms with Gasteiger partial charge in [0.05, 0.1) is 22.4 Å². The van der Waals surface area contributed by atoms with Crippen molar-refractivity contribution >= 4 is 43.4 Å². The Morgan fingerprint density at radius 3 is 1.45 bits per heavy atom. The van der Waals surface area contributed by atoms with Gasteiger partial charge in [-0.05, 0) is 39.7 Å². The quantitative estimate of drug-likeness (QED) is 0.176. The van der Waals surface area contributed by atoms with E-state index in [1.165, 1.54) is 0 Å². The van der Waals surface area contributed by atoms with Crippen molar-refractivity contribution in [1.29, 1.82) is 0 Å². The van der Waals surface area contributed by atoms with Gasteiger partial charge in [-0.1, -0.05) is 103 Å². The summed E-state index contributed by atoms with van der Waals surface area (Å²) in [6.07, 6.45) is 3.60. The Morgan fingerprint density at radius 2 is 0.850 bits per heavy atom. The molecule has 40 heavy (non-hydrogen) atoms. The molecule has 0 saturated heterocycles. The fourth-order valence-electron chi connectivity index (χ4n) is 5.75. The summed E-state index contributed by atoms with van der Waals surface area (Å²) < 4.78 is 0. The second-order valence-electron chi connectivity index (χ2n) is 9.88. The summed E-state index contributed by atoms with van der Waals surface area (Å²) in [5.74, 6) is 0.719. The summed E-state index contributed by atoms with van der Waals surface area (Å²) in [5.41, 5.74) is 6.89. The highest BCUT2D eigenvalue weighted by molar-refractivity contribution is 6.20. The molecular weight excluding hydrogens is 488 g/mol. The van der Waals surface area contributed by atoms with E-state index in [-0.39, 0.29) is 0 Å². The lowest BCUT2D eigenvalue weighted by Gasteiger charge is -2.16. The van der Waals surface area contributed by atoms with Crippen LogP contribution in [-0.2, 0) is 0 Å². The Labute approximate surface area is 230 Å². The van der Waals surface area contributed by atoms with Gasteiger partial charge in [-0.25, -0.2) is 19.9 Å². The number of hydrogen-bond acceptors (Lipinski definition) is 4. The highest BCUT2D eigenvalue weighted by atomic mass is 14.9. The smallest absolute Gasteiger partial charge is 0.160 e. The van der Waals surface area contributed by atoms with Crippen LogP contribution in [0.3, 0.4) is 0 Å². The number of nitrogens with zero attached hydrogens (tertiary/aromatic N) is 4. The van der Waals surface area contributed by atoms with Crippen molar-refractivity contribution < 1.29 is 0 Å². The number of hydrogen-bond donors (Lipinski definition) is 0. The molecule has 0 amide bonds. The maximum absolute atomic E-state index is 5.32. The molecule has 0 bridgehead atoms. The van der Waals surface area contributed by atoms with Crippen molar-refractivity contribution in [1.82, 2.24) is 19.9 Å². The molecular formula is C36H22N4. The van der Waals surface area contributed by atoms with E-state index in [9.17, 15) is 0 Å². The number of benzene rings is 5. The largest absolute Gasteiger partial charge is 0.245 e. The average molecular weight is 511 g/mol. The summed E-state index contributed by atoms with van der Waals surface area (Å²) in [6, 6.07) is 41.9. The molecule has 0 spiro atoms. The summed E-state index contributed by atoms with van der Waals surface area (Å²) >= 11 is 0. The zero-order valence-corrected chi connectivity index (χ0v) is 21.5. The first-order valence-corrected chi connectivity index (χ1v) is 13.3. The van der Waals surface area contributed by atoms with Crippen LogP contribution in [0.25, 0.3) is 77.3 Å². The van der Waals surface area contributed by atoms with Crippen LogP contribution in [0.1, 0.15) is 0 Å². The lowest BCUT2D eigenvalue weighted by atomic mass is 9.89. The van der Waals surface area contributed by atoms with Gasteiger partial charge in [-0.2, -0.15) is 0 Å². The molecule has 0 radical (unpaired) electrons. The third-order valence-electron chi connectivity index (χ3n) is 7.57. The summed E-state index contributed by atoms with van der Waals surface area (Å²) in [6.45, 7) is 0. The van der Waals surface area contributed by atoms with E-state index in [1.54, 1.807) is 12.4 Å². The van der Waals surface area contributed by atoms with Crippen LogP contribution >= 0.6 is 0 Å². The maximum atomic E-state index is 5.32. The van der Waals surface area contributed by atoms with Crippen molar-refractivity contribution in [2.45, 2.75) is 0 Å². The van der Waals surface area contributed by atoms with Gasteiger partial charge in [0.2, 0.25) is 0 Å². The SMILES string of the molecule is c1ccc(-c2ccc3ccc4ccc(-c5c6ccccc6c(-c6ncccn6)c6ccccc56)nc4c3n2)cc1. The van der Waals surface area contributed by atoms with Crippen molar-refractivity contribution in [2.75, 3.05) is 0 Å². The van der Waals surface area contributed by atoms with Gasteiger partial charge in [-0.3, -0.25) is 0 Å². The molecule has 5 aromatic carbocycles. The van der Waals surface area contributed by atoms with Gasteiger partial charge in [0.15, 0.2) is 5.82 Å². The molecule has 0 atom stereocenters. The topological polar surface area (TPSA) is 51.6 Å². The number of pyridine rings is 2. The molecule has 0 aliphatic rings. The standard InChI is InChI=1S/C36H22N4/c1-2-9-23(10-3-1)30-19-17-24-15-16-25-18-20-31(40-35(25)34(24)39-30)32-26-11-4-6-13-28(26)33(36-37-21-8-22-38-36)29-14-7-5-12-27(29)32/h1-22H. The molecule has 0 saturated carbocycles. The molecule has 0 unspecified atom stereocenters. The van der Waals surface area contributed by atoms with Gasteiger partial charge in [0.25, 0.3) is 0 Å². The molecule has 0 aliphatic heterocycles. The normalized spacial score (nSPS) is 11.5. The first-order valence-electron chi connectivity index (χ1n) is 13.3. The van der Waals surface area contributed by atoms with Gasteiger partial charge in [-0.15, -0.1) is 0 Å². The Balaban J connectivity index is 1.45. The molecule has 4 nitrogen and oxygen atoms in total. The zero-order valence-electron chi connectivity index (χ0n) is 21.5. The molecule has 3 aromatic heterocycles. The van der Waals surface area contributed by atoms with E-state index in [0.717, 1.165) is 77.3 Å². The molecule has 3 heterocycles. The molecule has 0 fully saturated rings. The van der Waals surface area contributed by atoms with Gasteiger partial charge < -0.3 is 0 Å². The van der Waals surface area contributed by atoms with Gasteiger partial charge >= 0.3 is 0 Å². The van der Waals surface area contributed by atoms with Crippen LogP contribution in [0.5, 0.6) is 0 Å². The second kappa shape index (κ2) is 9.07. The molecule has 186 valence electrons. The third-order valence-corrected chi connectivity index (χ3v) is 7.57. The van der Waals surface area contributed by atoms with Crippen molar-refractivity contribution in [3.63, 3.8) is 0 Å². The second-order valence-corrected chi connectivity index (χ2v) is 9.88. The fraction of sp³-hybridized carbons (Fsp3) is 0. The van der Waals surface area contributed by atoms with E-state index < -0.39 is 0 Å². The van der Waals surface area contributed by atoms with E-state index in [0.29, 0.717) is 0 Å². The fourth-order valence-corrected chi connectivity index (χ4v) is 5.75. The molecule has 8 rings (SSSR count). The lowest BCUT2D eigenvalue weighted by molar-refractivity contribution is 1.18. The highest BCUT2D eigenvalue weighted by Crippen LogP contribution is 2.42. The van der Waals surface area contributed by atoms with Crippen molar-refractivity contribution in [3.8, 4) is 33.9 Å². The Hall–Kier alpha value is -5.48. The predicted octanol–water partition coefficient (Wildman–Crippen LogP) is 8.88. The zero-order chi connectivity index (χ0) is 26.5. The lowest BCUT2D eigenvalue weighted by Crippen LogP contribution is -1.95. The van der Waals surface area contributed by atoms with Crippen LogP contribution in [0, 0.1) is 0 Å². The Kier molecular flexibility index (Phi) is 5.10. The molecule has 0 aliphatic carbocycles. The Bertz CT molecular complexity index is 2150. The van der Waals surface area contributed by atoms with Crippen LogP contribution in [0.15, 0.2) is 134 Å². The Morgan fingerprint density at radius 1 is 0.375 bits per heavy atom. The number of fused-ring (bicyclic) bond motifs is 5. The summed E-state index contributed by atoms with van der Waals surface area (Å²) in [7, 11) is 0. The molecule has 4 heteroatoms. The summed E-state index contributed by atoms with van der Waals surface area (Å²) in [5, 5.41) is 6.58. The van der Waals surface area contributed by atoms with Crippen molar-refractivity contribution in [2.24, 2.45) is 0 Å². The number of rotatable bonds is 3. The summed E-state index contributed by atoms with van der Waals surface area (Å²) in [4.78, 5) is 19.7. The van der Waals surface area contributed by atoms with Crippen LogP contribution in [0.2, 0.25) is 0 Å². The van der Waals surface area contributed by atoms with Gasteiger partial charge in [0, 0.05) is 39.9 Å². The highest BCUT2D eigenvalue weighted by Gasteiger charge is 2.19. The van der Waals surface area contributed by atoms with Crippen LogP contribution < -0.4 is 0 Å². The molecule has 8 aromatic rings. The number of aromatic nitrogens is 4. The van der Waals surface area contributed by atoms with Crippen LogP contribution in [-0.4, -0.2) is 19.9 Å². The van der Waals surface area contributed by atoms with E-state index in [2.05, 4.69) is 107 Å². The maximum Gasteiger partial charge on any atom is 0.160 e. The van der Waals surface area contributed by atoms with E-state index in [4.69, 9.17) is 9.97 Å². The average Bonchev–Trinajstić information content (AvgIpc) is 3.04. The molecule has 0 N–H and O–H groups in total. The van der Waals surface area contributed by atoms with Crippen LogP contribution in [0.4, 0.5) is 0 Å². The van der Waals surface area contributed by atoms with E-state index in [1.807, 2.05) is 24.3 Å². The monoisotopic (exact) mass is 510 g/mol.